The first-order chi connectivity index (χ1) is 8.26. The third-order valence-corrected chi connectivity index (χ3v) is 3.80. The fraction of sp³-hybridized carbons (Fsp3) is 0.857. The number of amides is 1. The Bertz CT molecular complexity index is 325. The molecule has 0 aliphatic carbocycles. The topological polar surface area (TPSA) is 57.6 Å². The van der Waals surface area contributed by atoms with Gasteiger partial charge in [-0.25, -0.2) is 0 Å². The van der Waals surface area contributed by atoms with Gasteiger partial charge in [-0.2, -0.15) is 0 Å². The highest BCUT2D eigenvalue weighted by atomic mass is 16.4. The predicted molar refractivity (Wildman–Crippen MR) is 70.3 cm³/mol. The monoisotopic (exact) mass is 255 g/mol. The van der Waals surface area contributed by atoms with Crippen LogP contribution in [0.2, 0.25) is 0 Å². The van der Waals surface area contributed by atoms with E-state index >= 15 is 0 Å². The second kappa shape index (κ2) is 5.72. The van der Waals surface area contributed by atoms with Crippen molar-refractivity contribution in [3.63, 3.8) is 0 Å². The minimum atomic E-state index is -0.839. The molecular formula is C14H25NO3. The molecule has 1 heterocycles. The summed E-state index contributed by atoms with van der Waals surface area (Å²) in [6.07, 6.45) is 3.47. The van der Waals surface area contributed by atoms with Crippen molar-refractivity contribution >= 4 is 11.9 Å². The van der Waals surface area contributed by atoms with Crippen molar-refractivity contribution in [1.82, 2.24) is 4.90 Å². The van der Waals surface area contributed by atoms with Gasteiger partial charge in [-0.1, -0.05) is 20.8 Å². The molecule has 0 radical (unpaired) electrons. The van der Waals surface area contributed by atoms with Gasteiger partial charge in [0, 0.05) is 18.5 Å². The molecule has 0 saturated carbocycles. The summed E-state index contributed by atoms with van der Waals surface area (Å²) in [6, 6.07) is 0.635. The molecule has 4 nitrogen and oxygen atoms in total. The van der Waals surface area contributed by atoms with E-state index in [1.807, 2.05) is 18.7 Å². The van der Waals surface area contributed by atoms with Crippen LogP contribution < -0.4 is 0 Å². The van der Waals surface area contributed by atoms with Gasteiger partial charge in [-0.05, 0) is 31.6 Å². The summed E-state index contributed by atoms with van der Waals surface area (Å²) >= 11 is 0. The van der Waals surface area contributed by atoms with Gasteiger partial charge in [0.05, 0.1) is 6.42 Å². The van der Waals surface area contributed by atoms with Crippen molar-refractivity contribution in [2.75, 3.05) is 0 Å². The summed E-state index contributed by atoms with van der Waals surface area (Å²) in [5.74, 6) is -0.729. The number of likely N-dealkylation sites (tertiary alicyclic amines) is 1. The van der Waals surface area contributed by atoms with E-state index in [1.165, 1.54) is 0 Å². The lowest BCUT2D eigenvalue weighted by Crippen LogP contribution is -2.41. The summed E-state index contributed by atoms with van der Waals surface area (Å²) in [7, 11) is 0. The Morgan fingerprint density at radius 1 is 1.28 bits per heavy atom. The molecule has 1 saturated heterocycles. The number of rotatable bonds is 5. The Morgan fingerprint density at radius 3 is 2.39 bits per heavy atom. The molecule has 1 aliphatic rings. The first kappa shape index (κ1) is 15.0. The number of hydrogen-bond donors (Lipinski definition) is 1. The lowest BCUT2D eigenvalue weighted by molar-refractivity contribution is -0.141. The van der Waals surface area contributed by atoms with Crippen LogP contribution in [0.1, 0.15) is 59.8 Å². The molecular weight excluding hydrogens is 230 g/mol. The quantitative estimate of drug-likeness (QED) is 0.821. The molecule has 1 N–H and O–H groups in total. The normalized spacial score (nSPS) is 24.3. The molecule has 2 unspecified atom stereocenters. The van der Waals surface area contributed by atoms with E-state index in [2.05, 4.69) is 13.8 Å². The first-order valence-corrected chi connectivity index (χ1v) is 6.80. The van der Waals surface area contributed by atoms with Gasteiger partial charge >= 0.3 is 5.97 Å². The summed E-state index contributed by atoms with van der Waals surface area (Å²) in [4.78, 5) is 25.1. The molecule has 1 fully saturated rings. The second-order valence-corrected chi connectivity index (χ2v) is 6.20. The molecule has 0 aromatic rings. The molecule has 18 heavy (non-hydrogen) atoms. The predicted octanol–water partition coefficient (Wildman–Crippen LogP) is 2.67. The number of carboxylic acid groups (broad SMARTS) is 1. The van der Waals surface area contributed by atoms with Crippen LogP contribution in [0.4, 0.5) is 0 Å². The van der Waals surface area contributed by atoms with Crippen molar-refractivity contribution in [3.05, 3.63) is 0 Å². The number of carboxylic acids is 1. The van der Waals surface area contributed by atoms with E-state index in [-0.39, 0.29) is 12.3 Å². The third-order valence-electron chi connectivity index (χ3n) is 3.80. The van der Waals surface area contributed by atoms with Crippen molar-refractivity contribution in [1.29, 1.82) is 0 Å². The zero-order valence-electron chi connectivity index (χ0n) is 11.9. The minimum absolute atomic E-state index is 0.0394. The van der Waals surface area contributed by atoms with Crippen LogP contribution >= 0.6 is 0 Å². The highest BCUT2D eigenvalue weighted by Gasteiger charge is 2.36. The van der Waals surface area contributed by atoms with Gasteiger partial charge in [-0.15, -0.1) is 0 Å². The minimum Gasteiger partial charge on any atom is -0.481 e. The van der Waals surface area contributed by atoms with E-state index in [4.69, 9.17) is 5.11 Å². The van der Waals surface area contributed by atoms with E-state index < -0.39 is 11.4 Å². The van der Waals surface area contributed by atoms with E-state index in [1.54, 1.807) is 0 Å². The summed E-state index contributed by atoms with van der Waals surface area (Å²) in [5.41, 5.74) is -0.469. The van der Waals surface area contributed by atoms with Gasteiger partial charge < -0.3 is 10.0 Å². The maximum absolute atomic E-state index is 12.4. The molecule has 2 atom stereocenters. The SMILES string of the molecule is CCC1CCC(C)N1C(=O)CC(C)(C)CC(=O)O. The Kier molecular flexibility index (Phi) is 4.77. The Morgan fingerprint density at radius 2 is 1.89 bits per heavy atom. The Hall–Kier alpha value is -1.06. The number of carbonyl (C=O) groups excluding carboxylic acids is 1. The maximum Gasteiger partial charge on any atom is 0.303 e. The largest absolute Gasteiger partial charge is 0.481 e. The number of hydrogen-bond acceptors (Lipinski definition) is 2. The lowest BCUT2D eigenvalue weighted by Gasteiger charge is -2.31. The van der Waals surface area contributed by atoms with E-state index in [0.717, 1.165) is 19.3 Å². The fourth-order valence-electron chi connectivity index (χ4n) is 2.89. The van der Waals surface area contributed by atoms with Gasteiger partial charge in [0.1, 0.15) is 0 Å². The lowest BCUT2D eigenvalue weighted by atomic mass is 9.85. The van der Waals surface area contributed by atoms with Crippen LogP contribution in [0, 0.1) is 5.41 Å². The van der Waals surface area contributed by atoms with E-state index in [0.29, 0.717) is 18.5 Å². The first-order valence-electron chi connectivity index (χ1n) is 6.80. The average molecular weight is 255 g/mol. The Balaban J connectivity index is 2.66. The van der Waals surface area contributed by atoms with Crippen molar-refractivity contribution in [3.8, 4) is 0 Å². The fourth-order valence-corrected chi connectivity index (χ4v) is 2.89. The van der Waals surface area contributed by atoms with Crippen LogP contribution in [0.25, 0.3) is 0 Å². The van der Waals surface area contributed by atoms with Crippen molar-refractivity contribution in [2.24, 2.45) is 5.41 Å². The maximum atomic E-state index is 12.4. The van der Waals surface area contributed by atoms with Crippen molar-refractivity contribution in [2.45, 2.75) is 71.9 Å². The van der Waals surface area contributed by atoms with Crippen molar-refractivity contribution < 1.29 is 14.7 Å². The van der Waals surface area contributed by atoms with E-state index in [9.17, 15) is 9.59 Å². The average Bonchev–Trinajstić information content (AvgIpc) is 2.56. The molecule has 0 aromatic carbocycles. The number of carbonyl (C=O) groups is 2. The molecule has 104 valence electrons. The zero-order chi connectivity index (χ0) is 13.9. The molecule has 1 rings (SSSR count). The van der Waals surface area contributed by atoms with Gasteiger partial charge in [0.15, 0.2) is 0 Å². The summed E-state index contributed by atoms with van der Waals surface area (Å²) < 4.78 is 0. The third kappa shape index (κ3) is 3.72. The molecule has 0 bridgehead atoms. The highest BCUT2D eigenvalue weighted by molar-refractivity contribution is 5.79. The molecule has 1 aliphatic heterocycles. The summed E-state index contributed by atoms with van der Waals surface area (Å²) in [6.45, 7) is 7.88. The molecule has 0 spiro atoms. The van der Waals surface area contributed by atoms with Crippen LogP contribution in [-0.2, 0) is 9.59 Å². The van der Waals surface area contributed by atoms with Gasteiger partial charge in [0.25, 0.3) is 0 Å². The number of nitrogens with zero attached hydrogens (tertiary/aromatic N) is 1. The van der Waals surface area contributed by atoms with Crippen LogP contribution in [-0.4, -0.2) is 34.0 Å². The van der Waals surface area contributed by atoms with Crippen LogP contribution in [0.3, 0.4) is 0 Å². The van der Waals surface area contributed by atoms with Crippen LogP contribution in [0.5, 0.6) is 0 Å². The smallest absolute Gasteiger partial charge is 0.303 e. The second-order valence-electron chi connectivity index (χ2n) is 6.20. The van der Waals surface area contributed by atoms with Gasteiger partial charge in [-0.3, -0.25) is 9.59 Å². The number of aliphatic carboxylic acids is 1. The molecule has 4 heteroatoms. The zero-order valence-corrected chi connectivity index (χ0v) is 11.9. The van der Waals surface area contributed by atoms with Crippen LogP contribution in [0.15, 0.2) is 0 Å². The molecule has 0 aromatic heterocycles. The molecule has 1 amide bonds. The van der Waals surface area contributed by atoms with Gasteiger partial charge in [0.2, 0.25) is 5.91 Å². The standard InChI is InChI=1S/C14H25NO3/c1-5-11-7-6-10(2)15(11)12(16)8-14(3,4)9-13(17)18/h10-11H,5-9H2,1-4H3,(H,17,18). The Labute approximate surface area is 109 Å². The highest BCUT2D eigenvalue weighted by Crippen LogP contribution is 2.31. The summed E-state index contributed by atoms with van der Waals surface area (Å²) in [5, 5.41) is 8.85.